The maximum atomic E-state index is 12.0. The second-order valence-corrected chi connectivity index (χ2v) is 7.28. The molecule has 0 aliphatic rings. The molecule has 2 aromatic rings. The largest absolute Gasteiger partial charge is 0.259 e. The fourth-order valence-corrected chi connectivity index (χ4v) is 4.45. The number of rotatable bonds is 6. The standard InChI is InChI=1S/C15H16O2S2/c16-18(13-14-7-3-1-4-8-14)11-12-19(17)15-9-5-2-6-10-15/h1-10H,11-13H2. The Morgan fingerprint density at radius 1 is 0.737 bits per heavy atom. The van der Waals surface area contributed by atoms with Crippen molar-refractivity contribution >= 4 is 21.6 Å². The van der Waals surface area contributed by atoms with Gasteiger partial charge in [-0.2, -0.15) is 0 Å². The zero-order chi connectivity index (χ0) is 13.5. The van der Waals surface area contributed by atoms with Gasteiger partial charge in [-0.15, -0.1) is 0 Å². The molecule has 2 rings (SSSR count). The highest BCUT2D eigenvalue weighted by atomic mass is 32.2. The molecule has 100 valence electrons. The molecule has 2 aromatic carbocycles. The normalized spacial score (nSPS) is 13.9. The van der Waals surface area contributed by atoms with E-state index in [4.69, 9.17) is 0 Å². The lowest BCUT2D eigenvalue weighted by Crippen LogP contribution is -2.09. The van der Waals surface area contributed by atoms with Crippen molar-refractivity contribution in [2.24, 2.45) is 0 Å². The Morgan fingerprint density at radius 2 is 1.32 bits per heavy atom. The number of hydrogen-bond acceptors (Lipinski definition) is 2. The molecule has 0 saturated carbocycles. The van der Waals surface area contributed by atoms with Crippen LogP contribution in [0, 0.1) is 0 Å². The van der Waals surface area contributed by atoms with Crippen molar-refractivity contribution in [3.05, 3.63) is 66.2 Å². The second-order valence-electron chi connectivity index (χ2n) is 4.14. The Kier molecular flexibility index (Phi) is 5.48. The van der Waals surface area contributed by atoms with E-state index in [1.54, 1.807) is 0 Å². The van der Waals surface area contributed by atoms with Crippen LogP contribution in [0.4, 0.5) is 0 Å². The van der Waals surface area contributed by atoms with Crippen LogP contribution in [0.2, 0.25) is 0 Å². The van der Waals surface area contributed by atoms with Gasteiger partial charge >= 0.3 is 0 Å². The topological polar surface area (TPSA) is 34.1 Å². The van der Waals surface area contributed by atoms with Gasteiger partial charge in [-0.25, -0.2) is 0 Å². The summed E-state index contributed by atoms with van der Waals surface area (Å²) >= 11 is 0. The zero-order valence-corrected chi connectivity index (χ0v) is 12.2. The van der Waals surface area contributed by atoms with Crippen LogP contribution in [0.5, 0.6) is 0 Å². The summed E-state index contributed by atoms with van der Waals surface area (Å²) in [6.07, 6.45) is 0. The number of hydrogen-bond donors (Lipinski definition) is 0. The van der Waals surface area contributed by atoms with Crippen molar-refractivity contribution in [3.8, 4) is 0 Å². The first kappa shape index (κ1) is 14.2. The first-order valence-electron chi connectivity index (χ1n) is 6.08. The smallest absolute Gasteiger partial charge is 0.0538 e. The highest BCUT2D eigenvalue weighted by Gasteiger charge is 2.07. The minimum atomic E-state index is -1.06. The lowest BCUT2D eigenvalue weighted by atomic mass is 10.2. The lowest BCUT2D eigenvalue weighted by Gasteiger charge is -2.03. The Labute approximate surface area is 118 Å². The third-order valence-electron chi connectivity index (χ3n) is 2.67. The predicted octanol–water partition coefficient (Wildman–Crippen LogP) is 2.74. The van der Waals surface area contributed by atoms with Gasteiger partial charge in [0.05, 0.1) is 10.8 Å². The van der Waals surface area contributed by atoms with Crippen LogP contribution in [0.1, 0.15) is 5.56 Å². The van der Waals surface area contributed by atoms with Crippen LogP contribution < -0.4 is 0 Å². The summed E-state index contributed by atoms with van der Waals surface area (Å²) in [6.45, 7) is 0. The molecular weight excluding hydrogens is 276 g/mol. The van der Waals surface area contributed by atoms with Gasteiger partial charge in [0.25, 0.3) is 0 Å². The van der Waals surface area contributed by atoms with Gasteiger partial charge < -0.3 is 0 Å². The summed E-state index contributed by atoms with van der Waals surface area (Å²) in [4.78, 5) is 0.805. The van der Waals surface area contributed by atoms with E-state index < -0.39 is 21.6 Å². The van der Waals surface area contributed by atoms with Gasteiger partial charge in [0.1, 0.15) is 0 Å². The summed E-state index contributed by atoms with van der Waals surface area (Å²) in [6, 6.07) is 19.1. The van der Waals surface area contributed by atoms with Crippen LogP contribution in [-0.2, 0) is 27.4 Å². The predicted molar refractivity (Wildman–Crippen MR) is 80.9 cm³/mol. The van der Waals surface area contributed by atoms with Crippen molar-refractivity contribution in [3.63, 3.8) is 0 Å². The van der Waals surface area contributed by atoms with Crippen LogP contribution in [-0.4, -0.2) is 19.9 Å². The van der Waals surface area contributed by atoms with Gasteiger partial charge in [-0.1, -0.05) is 48.5 Å². The SMILES string of the molecule is O=S(CCS(=O)c1ccccc1)Cc1ccccc1. The minimum Gasteiger partial charge on any atom is -0.259 e. The molecule has 19 heavy (non-hydrogen) atoms. The first-order chi connectivity index (χ1) is 9.25. The van der Waals surface area contributed by atoms with Crippen molar-refractivity contribution in [1.29, 1.82) is 0 Å². The molecular formula is C15H16O2S2. The summed E-state index contributed by atoms with van der Waals surface area (Å²) in [5, 5.41) is 0. The van der Waals surface area contributed by atoms with Gasteiger partial charge in [0, 0.05) is 33.0 Å². The molecule has 0 saturated heterocycles. The van der Waals surface area contributed by atoms with E-state index in [2.05, 4.69) is 0 Å². The van der Waals surface area contributed by atoms with Gasteiger partial charge in [0.2, 0.25) is 0 Å². The van der Waals surface area contributed by atoms with Crippen LogP contribution >= 0.6 is 0 Å². The average molecular weight is 292 g/mol. The molecule has 4 heteroatoms. The Balaban J connectivity index is 1.83. The molecule has 0 amide bonds. The molecule has 0 radical (unpaired) electrons. The van der Waals surface area contributed by atoms with E-state index in [1.807, 2.05) is 60.7 Å². The molecule has 0 aliphatic heterocycles. The van der Waals surface area contributed by atoms with E-state index in [-0.39, 0.29) is 0 Å². The Bertz CT molecular complexity index is 553. The molecule has 0 spiro atoms. The fraction of sp³-hybridized carbons (Fsp3) is 0.200. The van der Waals surface area contributed by atoms with Crippen LogP contribution in [0.25, 0.3) is 0 Å². The second kappa shape index (κ2) is 7.36. The van der Waals surface area contributed by atoms with E-state index in [0.717, 1.165) is 10.5 Å². The molecule has 0 heterocycles. The molecule has 0 aliphatic carbocycles. The number of benzene rings is 2. The summed E-state index contributed by atoms with van der Waals surface area (Å²) in [5.74, 6) is 1.45. The van der Waals surface area contributed by atoms with Gasteiger partial charge in [0.15, 0.2) is 0 Å². The summed E-state index contributed by atoms with van der Waals surface area (Å²) < 4.78 is 23.9. The van der Waals surface area contributed by atoms with E-state index >= 15 is 0 Å². The van der Waals surface area contributed by atoms with Gasteiger partial charge in [-0.05, 0) is 17.7 Å². The molecule has 2 nitrogen and oxygen atoms in total. The highest BCUT2D eigenvalue weighted by Crippen LogP contribution is 2.07. The van der Waals surface area contributed by atoms with Gasteiger partial charge in [-0.3, -0.25) is 8.42 Å². The lowest BCUT2D eigenvalue weighted by molar-refractivity contribution is 0.678. The minimum absolute atomic E-state index is 0.448. The molecule has 0 aromatic heterocycles. The maximum Gasteiger partial charge on any atom is 0.0538 e. The van der Waals surface area contributed by atoms with E-state index in [1.165, 1.54) is 0 Å². The highest BCUT2D eigenvalue weighted by molar-refractivity contribution is 7.88. The van der Waals surface area contributed by atoms with Crippen molar-refractivity contribution in [2.45, 2.75) is 10.6 Å². The van der Waals surface area contributed by atoms with Crippen molar-refractivity contribution < 1.29 is 8.42 Å². The summed E-state index contributed by atoms with van der Waals surface area (Å²) in [5.41, 5.74) is 1.06. The summed E-state index contributed by atoms with van der Waals surface area (Å²) in [7, 11) is -2.01. The van der Waals surface area contributed by atoms with E-state index in [9.17, 15) is 8.42 Å². The van der Waals surface area contributed by atoms with Crippen molar-refractivity contribution in [2.75, 3.05) is 11.5 Å². The molecule has 0 N–H and O–H groups in total. The third-order valence-corrected chi connectivity index (χ3v) is 5.62. The molecule has 2 unspecified atom stereocenters. The Hall–Kier alpha value is -1.26. The molecule has 0 fully saturated rings. The Morgan fingerprint density at radius 3 is 1.95 bits per heavy atom. The van der Waals surface area contributed by atoms with E-state index in [0.29, 0.717) is 17.3 Å². The first-order valence-corrected chi connectivity index (χ1v) is 8.89. The molecule has 0 bridgehead atoms. The van der Waals surface area contributed by atoms with Crippen LogP contribution in [0.15, 0.2) is 65.6 Å². The van der Waals surface area contributed by atoms with Crippen molar-refractivity contribution in [1.82, 2.24) is 0 Å². The quantitative estimate of drug-likeness (QED) is 0.820. The third kappa shape index (κ3) is 4.73. The fourth-order valence-electron chi connectivity index (χ4n) is 1.69. The monoisotopic (exact) mass is 292 g/mol. The molecule has 2 atom stereocenters. The van der Waals surface area contributed by atoms with Crippen LogP contribution in [0.3, 0.4) is 0 Å². The maximum absolute atomic E-state index is 12.0. The average Bonchev–Trinajstić information content (AvgIpc) is 2.47. The zero-order valence-electron chi connectivity index (χ0n) is 10.5.